The van der Waals surface area contributed by atoms with Crippen molar-refractivity contribution < 1.29 is 4.79 Å². The first-order valence-electron chi connectivity index (χ1n) is 5.10. The average Bonchev–Trinajstić information content (AvgIpc) is 2.29. The molecular weight excluding hydrogens is 230 g/mol. The molecule has 0 atom stereocenters. The number of nitrogens with zero attached hydrogens (tertiary/aromatic N) is 2. The Hall–Kier alpha value is -1.36. The van der Waals surface area contributed by atoms with Gasteiger partial charge in [0.1, 0.15) is 5.69 Å². The normalized spacial score (nSPS) is 10.1. The van der Waals surface area contributed by atoms with Crippen molar-refractivity contribution in [1.29, 1.82) is 0 Å². The lowest BCUT2D eigenvalue weighted by Crippen LogP contribution is -2.34. The summed E-state index contributed by atoms with van der Waals surface area (Å²) in [4.78, 5) is 24.3. The first-order chi connectivity index (χ1) is 7.69. The number of nitrogens with one attached hydrogen (secondary N) is 1. The number of carbonyl (C=O) groups is 1. The summed E-state index contributed by atoms with van der Waals surface area (Å²) >= 11 is 5.62. The van der Waals surface area contributed by atoms with Crippen LogP contribution in [0.25, 0.3) is 0 Å². The minimum absolute atomic E-state index is 0.209. The summed E-state index contributed by atoms with van der Waals surface area (Å²) in [6.07, 6.45) is 0.853. The predicted molar refractivity (Wildman–Crippen MR) is 61.8 cm³/mol. The third kappa shape index (κ3) is 3.34. The van der Waals surface area contributed by atoms with Crippen LogP contribution in [0.1, 0.15) is 23.8 Å². The SMILES string of the molecule is CCCN(CCCl)C(=O)c1ccc(=O)[nH]n1. The zero-order valence-corrected chi connectivity index (χ0v) is 9.83. The molecule has 0 spiro atoms. The second kappa shape index (κ2) is 6.27. The van der Waals surface area contributed by atoms with Gasteiger partial charge in [0.2, 0.25) is 0 Å². The lowest BCUT2D eigenvalue weighted by atomic mass is 10.3. The van der Waals surface area contributed by atoms with E-state index in [1.807, 2.05) is 6.92 Å². The summed E-state index contributed by atoms with van der Waals surface area (Å²) < 4.78 is 0. The Kier molecular flexibility index (Phi) is 4.98. The van der Waals surface area contributed by atoms with Crippen molar-refractivity contribution >= 4 is 17.5 Å². The molecule has 88 valence electrons. The van der Waals surface area contributed by atoms with Gasteiger partial charge in [-0.1, -0.05) is 6.92 Å². The lowest BCUT2D eigenvalue weighted by molar-refractivity contribution is 0.0758. The highest BCUT2D eigenvalue weighted by Gasteiger charge is 2.15. The number of carbonyl (C=O) groups excluding carboxylic acids is 1. The zero-order valence-electron chi connectivity index (χ0n) is 9.07. The Morgan fingerprint density at radius 2 is 2.25 bits per heavy atom. The van der Waals surface area contributed by atoms with E-state index in [0.717, 1.165) is 6.42 Å². The number of aromatic nitrogens is 2. The number of halogens is 1. The predicted octanol–water partition coefficient (Wildman–Crippen LogP) is 0.861. The summed E-state index contributed by atoms with van der Waals surface area (Å²) in [5.74, 6) is 0.175. The molecule has 0 fully saturated rings. The fourth-order valence-electron chi connectivity index (χ4n) is 1.31. The molecule has 1 aromatic rings. The third-order valence-electron chi connectivity index (χ3n) is 2.03. The second-order valence-electron chi connectivity index (χ2n) is 3.29. The van der Waals surface area contributed by atoms with Gasteiger partial charge in [0.15, 0.2) is 0 Å². The maximum Gasteiger partial charge on any atom is 0.274 e. The average molecular weight is 244 g/mol. The fourth-order valence-corrected chi connectivity index (χ4v) is 1.52. The maximum absolute atomic E-state index is 11.9. The van der Waals surface area contributed by atoms with Crippen LogP contribution >= 0.6 is 11.6 Å². The Bertz CT molecular complexity index is 379. The highest BCUT2D eigenvalue weighted by molar-refractivity contribution is 6.18. The van der Waals surface area contributed by atoms with E-state index in [9.17, 15) is 9.59 Å². The summed E-state index contributed by atoms with van der Waals surface area (Å²) in [6.45, 7) is 3.09. The third-order valence-corrected chi connectivity index (χ3v) is 2.20. The summed E-state index contributed by atoms with van der Waals surface area (Å²) in [5, 5.41) is 5.93. The number of hydrogen-bond acceptors (Lipinski definition) is 3. The Labute approximate surface area is 98.4 Å². The van der Waals surface area contributed by atoms with E-state index in [1.54, 1.807) is 4.90 Å². The van der Waals surface area contributed by atoms with E-state index in [2.05, 4.69) is 10.2 Å². The minimum atomic E-state index is -0.323. The number of H-pyrrole nitrogens is 1. The lowest BCUT2D eigenvalue weighted by Gasteiger charge is -2.19. The second-order valence-corrected chi connectivity index (χ2v) is 3.67. The van der Waals surface area contributed by atoms with Gasteiger partial charge in [-0.05, 0) is 12.5 Å². The molecule has 0 aliphatic heterocycles. The molecule has 0 bridgehead atoms. The number of rotatable bonds is 5. The quantitative estimate of drug-likeness (QED) is 0.780. The molecule has 1 heterocycles. The van der Waals surface area contributed by atoms with Crippen molar-refractivity contribution in [2.75, 3.05) is 19.0 Å². The van der Waals surface area contributed by atoms with Crippen molar-refractivity contribution in [3.63, 3.8) is 0 Å². The first-order valence-corrected chi connectivity index (χ1v) is 5.63. The molecule has 0 unspecified atom stereocenters. The van der Waals surface area contributed by atoms with Gasteiger partial charge in [-0.2, -0.15) is 5.10 Å². The van der Waals surface area contributed by atoms with Gasteiger partial charge in [-0.3, -0.25) is 9.59 Å². The van der Waals surface area contributed by atoms with Crippen molar-refractivity contribution in [2.45, 2.75) is 13.3 Å². The zero-order chi connectivity index (χ0) is 12.0. The van der Waals surface area contributed by atoms with Crippen LogP contribution in [-0.2, 0) is 0 Å². The molecule has 0 radical (unpaired) electrons. The molecule has 0 saturated carbocycles. The molecule has 0 saturated heterocycles. The Balaban J connectivity index is 2.81. The molecule has 0 aliphatic carbocycles. The molecule has 16 heavy (non-hydrogen) atoms. The molecule has 1 rings (SSSR count). The van der Waals surface area contributed by atoms with Crippen LogP contribution in [0.5, 0.6) is 0 Å². The summed E-state index contributed by atoms with van der Waals surface area (Å²) in [6, 6.07) is 2.70. The van der Waals surface area contributed by atoms with Crippen LogP contribution in [0.2, 0.25) is 0 Å². The van der Waals surface area contributed by atoms with Gasteiger partial charge < -0.3 is 4.90 Å². The van der Waals surface area contributed by atoms with E-state index < -0.39 is 0 Å². The van der Waals surface area contributed by atoms with Crippen LogP contribution in [0, 0.1) is 0 Å². The number of hydrogen-bond donors (Lipinski definition) is 1. The molecule has 6 heteroatoms. The highest BCUT2D eigenvalue weighted by Crippen LogP contribution is 2.01. The van der Waals surface area contributed by atoms with Crippen LogP contribution in [0.15, 0.2) is 16.9 Å². The first kappa shape index (κ1) is 12.7. The largest absolute Gasteiger partial charge is 0.336 e. The molecule has 0 aromatic carbocycles. The Morgan fingerprint density at radius 3 is 2.75 bits per heavy atom. The van der Waals surface area contributed by atoms with E-state index in [0.29, 0.717) is 19.0 Å². The van der Waals surface area contributed by atoms with Crippen molar-refractivity contribution in [2.24, 2.45) is 0 Å². The number of aromatic amines is 1. The van der Waals surface area contributed by atoms with Crippen LogP contribution in [-0.4, -0.2) is 40.0 Å². The molecule has 1 aromatic heterocycles. The molecular formula is C10H14ClN3O2. The van der Waals surface area contributed by atoms with Gasteiger partial charge in [0.05, 0.1) is 0 Å². The summed E-state index contributed by atoms with van der Waals surface area (Å²) in [7, 11) is 0. The van der Waals surface area contributed by atoms with E-state index in [4.69, 9.17) is 11.6 Å². The van der Waals surface area contributed by atoms with Gasteiger partial charge in [0.25, 0.3) is 11.5 Å². The smallest absolute Gasteiger partial charge is 0.274 e. The summed E-state index contributed by atoms with van der Waals surface area (Å²) in [5.41, 5.74) is -0.0888. The van der Waals surface area contributed by atoms with E-state index in [-0.39, 0.29) is 17.2 Å². The van der Waals surface area contributed by atoms with Gasteiger partial charge >= 0.3 is 0 Å². The van der Waals surface area contributed by atoms with Crippen molar-refractivity contribution in [3.05, 3.63) is 28.2 Å². The number of alkyl halides is 1. The van der Waals surface area contributed by atoms with Crippen LogP contribution < -0.4 is 5.56 Å². The number of amides is 1. The van der Waals surface area contributed by atoms with Gasteiger partial charge in [0, 0.05) is 25.0 Å². The topological polar surface area (TPSA) is 66.1 Å². The van der Waals surface area contributed by atoms with Crippen molar-refractivity contribution in [1.82, 2.24) is 15.1 Å². The molecule has 1 amide bonds. The fraction of sp³-hybridized carbons (Fsp3) is 0.500. The highest BCUT2D eigenvalue weighted by atomic mass is 35.5. The van der Waals surface area contributed by atoms with Crippen molar-refractivity contribution in [3.8, 4) is 0 Å². The Morgan fingerprint density at radius 1 is 1.50 bits per heavy atom. The molecule has 0 aliphatic rings. The van der Waals surface area contributed by atoms with Crippen LogP contribution in [0.3, 0.4) is 0 Å². The van der Waals surface area contributed by atoms with E-state index >= 15 is 0 Å². The standard InChI is InChI=1S/C10H14ClN3O2/c1-2-6-14(7-5-11)10(16)8-3-4-9(15)13-12-8/h3-4H,2,5-7H2,1H3,(H,13,15). The molecule has 5 nitrogen and oxygen atoms in total. The monoisotopic (exact) mass is 243 g/mol. The van der Waals surface area contributed by atoms with E-state index in [1.165, 1.54) is 12.1 Å². The van der Waals surface area contributed by atoms with Gasteiger partial charge in [-0.25, -0.2) is 5.10 Å². The van der Waals surface area contributed by atoms with Crippen LogP contribution in [0.4, 0.5) is 0 Å². The maximum atomic E-state index is 11.9. The molecule has 1 N–H and O–H groups in total. The van der Waals surface area contributed by atoms with Gasteiger partial charge in [-0.15, -0.1) is 11.6 Å². The minimum Gasteiger partial charge on any atom is -0.336 e.